The Labute approximate surface area is 172 Å². The minimum Gasteiger partial charge on any atom is -0.354 e. The molecule has 0 amide bonds. The topological polar surface area (TPSA) is 39.7 Å². The third kappa shape index (κ3) is 6.57. The monoisotopic (exact) mass is 470 g/mol. The van der Waals surface area contributed by atoms with Crippen molar-refractivity contribution in [3.05, 3.63) is 71.5 Å². The van der Waals surface area contributed by atoms with Gasteiger partial charge in [-0.15, -0.1) is 24.0 Å². The van der Waals surface area contributed by atoms with Gasteiger partial charge in [0.05, 0.1) is 12.1 Å². The third-order valence-electron chi connectivity index (χ3n) is 4.20. The zero-order valence-corrected chi connectivity index (χ0v) is 18.1. The molecule has 0 spiro atoms. The van der Waals surface area contributed by atoms with Gasteiger partial charge in [0.25, 0.3) is 0 Å². The van der Waals surface area contributed by atoms with E-state index in [1.54, 1.807) is 19.2 Å². The molecule has 0 saturated carbocycles. The first-order valence-electron chi connectivity index (χ1n) is 8.45. The van der Waals surface area contributed by atoms with E-state index in [0.29, 0.717) is 6.54 Å². The Morgan fingerprint density at radius 2 is 1.73 bits per heavy atom. The van der Waals surface area contributed by atoms with Gasteiger partial charge in [0.1, 0.15) is 5.82 Å². The first-order chi connectivity index (χ1) is 12.0. The number of hydrogen-bond acceptors (Lipinski definition) is 2. The molecule has 2 unspecified atom stereocenters. The average Bonchev–Trinajstić information content (AvgIpc) is 2.61. The van der Waals surface area contributed by atoms with Crippen molar-refractivity contribution in [1.82, 2.24) is 15.5 Å². The number of nitrogens with one attached hydrogen (secondary N) is 2. The molecule has 2 N–H and O–H groups in total. The molecule has 0 saturated heterocycles. The van der Waals surface area contributed by atoms with Gasteiger partial charge in [0.2, 0.25) is 0 Å². The number of hydrogen-bond donors (Lipinski definition) is 2. The van der Waals surface area contributed by atoms with Crippen LogP contribution in [-0.4, -0.2) is 38.5 Å². The van der Waals surface area contributed by atoms with E-state index in [0.717, 1.165) is 11.5 Å². The Hall–Kier alpha value is -1.67. The van der Waals surface area contributed by atoms with Crippen LogP contribution < -0.4 is 10.6 Å². The lowest BCUT2D eigenvalue weighted by Crippen LogP contribution is -2.42. The molecule has 0 aliphatic rings. The number of halogens is 2. The van der Waals surface area contributed by atoms with Gasteiger partial charge in [-0.25, -0.2) is 4.39 Å². The zero-order valence-electron chi connectivity index (χ0n) is 15.7. The minimum absolute atomic E-state index is 0. The predicted octanol–water partition coefficient (Wildman–Crippen LogP) is 3.97. The molecule has 0 aliphatic heterocycles. The van der Waals surface area contributed by atoms with Crippen LogP contribution in [0.4, 0.5) is 4.39 Å². The largest absolute Gasteiger partial charge is 0.354 e. The maximum absolute atomic E-state index is 13.5. The van der Waals surface area contributed by atoms with Crippen molar-refractivity contribution in [2.75, 3.05) is 27.7 Å². The summed E-state index contributed by atoms with van der Waals surface area (Å²) in [7, 11) is 5.72. The molecule has 6 heteroatoms. The van der Waals surface area contributed by atoms with E-state index in [2.05, 4.69) is 39.6 Å². The van der Waals surface area contributed by atoms with Gasteiger partial charge in [-0.3, -0.25) is 4.99 Å². The van der Waals surface area contributed by atoms with Crippen molar-refractivity contribution < 1.29 is 4.39 Å². The Balaban J connectivity index is 0.00000338. The Kier molecular flexibility index (Phi) is 9.58. The minimum atomic E-state index is -0.218. The van der Waals surface area contributed by atoms with Crippen LogP contribution in [0.15, 0.2) is 59.6 Å². The Morgan fingerprint density at radius 3 is 2.31 bits per heavy atom. The summed E-state index contributed by atoms with van der Waals surface area (Å²) in [5.41, 5.74) is 2.13. The summed E-state index contributed by atoms with van der Waals surface area (Å²) in [6.07, 6.45) is 0. The molecule has 142 valence electrons. The molecular formula is C20H28FIN4. The van der Waals surface area contributed by atoms with Crippen LogP contribution in [0, 0.1) is 5.82 Å². The van der Waals surface area contributed by atoms with E-state index in [1.807, 2.05) is 38.4 Å². The number of nitrogens with zero attached hydrogens (tertiary/aromatic N) is 2. The van der Waals surface area contributed by atoms with Gasteiger partial charge in [0.15, 0.2) is 5.96 Å². The third-order valence-corrected chi connectivity index (χ3v) is 4.20. The number of aliphatic imine (C=N–C) groups is 1. The molecule has 0 aliphatic carbocycles. The van der Waals surface area contributed by atoms with E-state index < -0.39 is 0 Å². The molecule has 0 fully saturated rings. The number of benzene rings is 2. The predicted molar refractivity (Wildman–Crippen MR) is 118 cm³/mol. The SMILES string of the molecule is CN=C(NCC(c1cccc(F)c1)N(C)C)NC(C)c1ccccc1.I. The fourth-order valence-electron chi connectivity index (χ4n) is 2.73. The highest BCUT2D eigenvalue weighted by atomic mass is 127. The van der Waals surface area contributed by atoms with E-state index in [-0.39, 0.29) is 41.9 Å². The molecule has 4 nitrogen and oxygen atoms in total. The van der Waals surface area contributed by atoms with Crippen LogP contribution in [0.25, 0.3) is 0 Å². The quantitative estimate of drug-likeness (QED) is 0.382. The Morgan fingerprint density at radius 1 is 1.08 bits per heavy atom. The number of rotatable bonds is 6. The summed E-state index contributed by atoms with van der Waals surface area (Å²) in [4.78, 5) is 6.36. The molecule has 0 heterocycles. The first-order valence-corrected chi connectivity index (χ1v) is 8.45. The molecule has 0 radical (unpaired) electrons. The van der Waals surface area contributed by atoms with Crippen molar-refractivity contribution in [3.63, 3.8) is 0 Å². The lowest BCUT2D eigenvalue weighted by Gasteiger charge is -2.27. The fourth-order valence-corrected chi connectivity index (χ4v) is 2.73. The average molecular weight is 470 g/mol. The van der Waals surface area contributed by atoms with Crippen LogP contribution in [0.1, 0.15) is 30.1 Å². The van der Waals surface area contributed by atoms with Crippen molar-refractivity contribution in [2.45, 2.75) is 19.0 Å². The second kappa shape index (κ2) is 11.1. The summed E-state index contributed by atoms with van der Waals surface area (Å²) < 4.78 is 13.5. The van der Waals surface area contributed by atoms with Crippen molar-refractivity contribution >= 4 is 29.9 Å². The number of likely N-dealkylation sites (N-methyl/N-ethyl adjacent to an activating group) is 1. The highest BCUT2D eigenvalue weighted by Crippen LogP contribution is 2.18. The standard InChI is InChI=1S/C20H27FN4.HI/c1-15(16-9-6-5-7-10-16)24-20(22-2)23-14-19(25(3)4)17-11-8-12-18(21)13-17;/h5-13,15,19H,14H2,1-4H3,(H2,22,23,24);1H. The van der Waals surface area contributed by atoms with Crippen molar-refractivity contribution in [1.29, 1.82) is 0 Å². The van der Waals surface area contributed by atoms with Crippen LogP contribution in [0.3, 0.4) is 0 Å². The summed E-state index contributed by atoms with van der Waals surface area (Å²) >= 11 is 0. The molecular weight excluding hydrogens is 442 g/mol. The summed E-state index contributed by atoms with van der Waals surface area (Å²) in [5, 5.41) is 6.73. The van der Waals surface area contributed by atoms with Gasteiger partial charge >= 0.3 is 0 Å². The molecule has 0 aromatic heterocycles. The first kappa shape index (κ1) is 22.4. The lowest BCUT2D eigenvalue weighted by atomic mass is 10.1. The van der Waals surface area contributed by atoms with E-state index in [4.69, 9.17) is 0 Å². The number of guanidine groups is 1. The van der Waals surface area contributed by atoms with Crippen molar-refractivity contribution in [3.8, 4) is 0 Å². The molecule has 2 atom stereocenters. The van der Waals surface area contributed by atoms with E-state index in [9.17, 15) is 4.39 Å². The van der Waals surface area contributed by atoms with Gasteiger partial charge in [-0.2, -0.15) is 0 Å². The summed E-state index contributed by atoms with van der Waals surface area (Å²) in [6.45, 7) is 2.72. The normalized spacial score (nSPS) is 13.7. The highest BCUT2D eigenvalue weighted by molar-refractivity contribution is 14.0. The van der Waals surface area contributed by atoms with Crippen molar-refractivity contribution in [2.24, 2.45) is 4.99 Å². The van der Waals surface area contributed by atoms with Gasteiger partial charge in [-0.1, -0.05) is 42.5 Å². The van der Waals surface area contributed by atoms with E-state index in [1.165, 1.54) is 11.6 Å². The van der Waals surface area contributed by atoms with Gasteiger partial charge < -0.3 is 15.5 Å². The summed E-state index contributed by atoms with van der Waals surface area (Å²) in [5.74, 6) is 0.504. The highest BCUT2D eigenvalue weighted by Gasteiger charge is 2.16. The molecule has 2 aromatic rings. The van der Waals surface area contributed by atoms with Crippen LogP contribution >= 0.6 is 24.0 Å². The maximum Gasteiger partial charge on any atom is 0.191 e. The lowest BCUT2D eigenvalue weighted by molar-refractivity contribution is 0.297. The van der Waals surface area contributed by atoms with Crippen LogP contribution in [-0.2, 0) is 0 Å². The molecule has 2 rings (SSSR count). The second-order valence-corrected chi connectivity index (χ2v) is 6.26. The van der Waals surface area contributed by atoms with Crippen LogP contribution in [0.5, 0.6) is 0 Å². The smallest absolute Gasteiger partial charge is 0.191 e. The molecule has 26 heavy (non-hydrogen) atoms. The van der Waals surface area contributed by atoms with Gasteiger partial charge in [-0.05, 0) is 44.3 Å². The molecule has 0 bridgehead atoms. The Bertz CT molecular complexity index is 691. The summed E-state index contributed by atoms with van der Waals surface area (Å²) in [6, 6.07) is 17.1. The van der Waals surface area contributed by atoms with Gasteiger partial charge in [0, 0.05) is 13.6 Å². The van der Waals surface area contributed by atoms with E-state index >= 15 is 0 Å². The fraction of sp³-hybridized carbons (Fsp3) is 0.350. The van der Waals surface area contributed by atoms with Crippen LogP contribution in [0.2, 0.25) is 0 Å². The maximum atomic E-state index is 13.5. The second-order valence-electron chi connectivity index (χ2n) is 6.26. The molecule has 2 aromatic carbocycles. The zero-order chi connectivity index (χ0) is 18.2.